The number of aliphatic hydroxyl groups excluding tert-OH is 1. The highest BCUT2D eigenvalue weighted by Crippen LogP contribution is 2.21. The van der Waals surface area contributed by atoms with E-state index in [1.807, 2.05) is 24.8 Å². The molecule has 0 aliphatic carbocycles. The van der Waals surface area contributed by atoms with Crippen molar-refractivity contribution in [1.29, 1.82) is 0 Å². The quantitative estimate of drug-likeness (QED) is 0.587. The van der Waals surface area contributed by atoms with E-state index in [1.54, 1.807) is 0 Å². The Morgan fingerprint density at radius 3 is 3.00 bits per heavy atom. The summed E-state index contributed by atoms with van der Waals surface area (Å²) >= 11 is 1.97. The van der Waals surface area contributed by atoms with Crippen molar-refractivity contribution in [2.75, 3.05) is 11.5 Å². The maximum atomic E-state index is 9.02. The van der Waals surface area contributed by atoms with Gasteiger partial charge in [0.25, 0.3) is 0 Å². The van der Waals surface area contributed by atoms with Crippen LogP contribution in [0.15, 0.2) is 11.6 Å². The molecule has 0 amide bonds. The van der Waals surface area contributed by atoms with Gasteiger partial charge in [0.15, 0.2) is 0 Å². The molecule has 0 aromatic heterocycles. The van der Waals surface area contributed by atoms with Crippen molar-refractivity contribution in [1.82, 2.24) is 0 Å². The van der Waals surface area contributed by atoms with Crippen molar-refractivity contribution in [3.05, 3.63) is 11.6 Å². The van der Waals surface area contributed by atoms with Crippen molar-refractivity contribution in [2.24, 2.45) is 0 Å². The van der Waals surface area contributed by atoms with E-state index < -0.39 is 0 Å². The van der Waals surface area contributed by atoms with E-state index in [9.17, 15) is 0 Å². The summed E-state index contributed by atoms with van der Waals surface area (Å²) in [5.41, 5.74) is 1.42. The van der Waals surface area contributed by atoms with Gasteiger partial charge in [0.05, 0.1) is 6.10 Å². The van der Waals surface area contributed by atoms with Crippen molar-refractivity contribution in [3.63, 3.8) is 0 Å². The molecule has 1 aliphatic heterocycles. The van der Waals surface area contributed by atoms with E-state index in [2.05, 4.69) is 0 Å². The number of hydrogen-bond acceptors (Lipinski definition) is 2. The Hall–Kier alpha value is 0.0500. The molecule has 1 saturated heterocycles. The van der Waals surface area contributed by atoms with Crippen LogP contribution in [0, 0.1) is 0 Å². The minimum atomic E-state index is -0.256. The first-order valence-corrected chi connectivity index (χ1v) is 4.90. The SMILES string of the molecule is CC(O)/C=C1/CCCSC1. The molecule has 1 heterocycles. The second-order valence-electron chi connectivity index (χ2n) is 2.72. The Morgan fingerprint density at radius 1 is 1.70 bits per heavy atom. The molecule has 1 N–H and O–H groups in total. The van der Waals surface area contributed by atoms with Crippen LogP contribution in [-0.4, -0.2) is 22.7 Å². The average Bonchev–Trinajstić information content (AvgIpc) is 1.88. The predicted octanol–water partition coefficient (Wildman–Crippen LogP) is 1.82. The Labute approximate surface area is 66.5 Å². The highest BCUT2D eigenvalue weighted by atomic mass is 32.2. The van der Waals surface area contributed by atoms with Gasteiger partial charge in [-0.2, -0.15) is 11.8 Å². The molecule has 1 atom stereocenters. The molecular weight excluding hydrogens is 144 g/mol. The fourth-order valence-corrected chi connectivity index (χ4v) is 2.14. The normalized spacial score (nSPS) is 26.8. The second-order valence-corrected chi connectivity index (χ2v) is 3.83. The van der Waals surface area contributed by atoms with Crippen molar-refractivity contribution >= 4 is 11.8 Å². The molecule has 0 aromatic rings. The van der Waals surface area contributed by atoms with Crippen molar-refractivity contribution in [3.8, 4) is 0 Å². The summed E-state index contributed by atoms with van der Waals surface area (Å²) in [5.74, 6) is 2.42. The third kappa shape index (κ3) is 2.76. The van der Waals surface area contributed by atoms with E-state index in [-0.39, 0.29) is 6.10 Å². The summed E-state index contributed by atoms with van der Waals surface area (Å²) in [6, 6.07) is 0. The molecule has 0 bridgehead atoms. The molecule has 0 spiro atoms. The number of thioether (sulfide) groups is 1. The van der Waals surface area contributed by atoms with Crippen molar-refractivity contribution in [2.45, 2.75) is 25.9 Å². The zero-order valence-electron chi connectivity index (χ0n) is 6.34. The van der Waals surface area contributed by atoms with Crippen LogP contribution in [0.4, 0.5) is 0 Å². The van der Waals surface area contributed by atoms with Gasteiger partial charge in [0.2, 0.25) is 0 Å². The monoisotopic (exact) mass is 158 g/mol. The third-order valence-corrected chi connectivity index (χ3v) is 2.70. The van der Waals surface area contributed by atoms with Crippen LogP contribution >= 0.6 is 11.8 Å². The lowest BCUT2D eigenvalue weighted by atomic mass is 10.1. The molecule has 0 saturated carbocycles. The summed E-state index contributed by atoms with van der Waals surface area (Å²) in [4.78, 5) is 0. The van der Waals surface area contributed by atoms with Crippen LogP contribution in [0.3, 0.4) is 0 Å². The Kier molecular flexibility index (Phi) is 3.29. The molecule has 0 radical (unpaired) electrons. The van der Waals surface area contributed by atoms with Gasteiger partial charge in [-0.1, -0.05) is 11.6 Å². The van der Waals surface area contributed by atoms with Crippen LogP contribution in [0.2, 0.25) is 0 Å². The van der Waals surface area contributed by atoms with E-state index in [0.29, 0.717) is 0 Å². The smallest absolute Gasteiger partial charge is 0.0695 e. The molecule has 10 heavy (non-hydrogen) atoms. The Balaban J connectivity index is 2.37. The van der Waals surface area contributed by atoms with Gasteiger partial charge in [-0.25, -0.2) is 0 Å². The van der Waals surface area contributed by atoms with E-state index in [4.69, 9.17) is 5.11 Å². The summed E-state index contributed by atoms with van der Waals surface area (Å²) in [6.45, 7) is 1.81. The summed E-state index contributed by atoms with van der Waals surface area (Å²) in [6.07, 6.45) is 4.20. The molecule has 1 fully saturated rings. The fourth-order valence-electron chi connectivity index (χ4n) is 1.15. The van der Waals surface area contributed by atoms with Crippen LogP contribution in [0.1, 0.15) is 19.8 Å². The largest absolute Gasteiger partial charge is 0.389 e. The first-order chi connectivity index (χ1) is 4.79. The number of aliphatic hydroxyl groups is 1. The lowest BCUT2D eigenvalue weighted by Crippen LogP contribution is -2.03. The lowest BCUT2D eigenvalue weighted by Gasteiger charge is -2.13. The van der Waals surface area contributed by atoms with E-state index in [0.717, 1.165) is 5.75 Å². The highest BCUT2D eigenvalue weighted by molar-refractivity contribution is 7.99. The fraction of sp³-hybridized carbons (Fsp3) is 0.750. The number of rotatable bonds is 1. The first kappa shape index (κ1) is 8.15. The average molecular weight is 158 g/mol. The molecule has 1 nitrogen and oxygen atoms in total. The summed E-state index contributed by atoms with van der Waals surface area (Å²) < 4.78 is 0. The topological polar surface area (TPSA) is 20.2 Å². The van der Waals surface area contributed by atoms with Gasteiger partial charge in [0.1, 0.15) is 0 Å². The maximum Gasteiger partial charge on any atom is 0.0695 e. The highest BCUT2D eigenvalue weighted by Gasteiger charge is 2.05. The van der Waals surface area contributed by atoms with Crippen LogP contribution in [0.25, 0.3) is 0 Å². The minimum Gasteiger partial charge on any atom is -0.389 e. The van der Waals surface area contributed by atoms with E-state index >= 15 is 0 Å². The van der Waals surface area contributed by atoms with Crippen LogP contribution in [-0.2, 0) is 0 Å². The Bertz CT molecular complexity index is 121. The van der Waals surface area contributed by atoms with Gasteiger partial charge in [0, 0.05) is 5.75 Å². The molecule has 1 aliphatic rings. The van der Waals surface area contributed by atoms with Crippen LogP contribution in [0.5, 0.6) is 0 Å². The Morgan fingerprint density at radius 2 is 2.50 bits per heavy atom. The van der Waals surface area contributed by atoms with Gasteiger partial charge in [-0.15, -0.1) is 0 Å². The predicted molar refractivity (Wildman–Crippen MR) is 46.3 cm³/mol. The van der Waals surface area contributed by atoms with Gasteiger partial charge < -0.3 is 5.11 Å². The summed E-state index contributed by atoms with van der Waals surface area (Å²) in [5, 5.41) is 9.02. The summed E-state index contributed by atoms with van der Waals surface area (Å²) in [7, 11) is 0. The molecule has 1 rings (SSSR count). The lowest BCUT2D eigenvalue weighted by molar-refractivity contribution is 0.243. The molecular formula is C8H14OS. The zero-order chi connectivity index (χ0) is 7.40. The third-order valence-electron chi connectivity index (χ3n) is 1.55. The molecule has 1 unspecified atom stereocenters. The maximum absolute atomic E-state index is 9.02. The van der Waals surface area contributed by atoms with Gasteiger partial charge >= 0.3 is 0 Å². The molecule has 58 valence electrons. The van der Waals surface area contributed by atoms with Gasteiger partial charge in [-0.3, -0.25) is 0 Å². The molecule has 2 heteroatoms. The molecule has 0 aromatic carbocycles. The first-order valence-electron chi connectivity index (χ1n) is 3.74. The minimum absolute atomic E-state index is 0.256. The van der Waals surface area contributed by atoms with Gasteiger partial charge in [-0.05, 0) is 25.5 Å². The standard InChI is InChI=1S/C8H14OS/c1-7(9)5-8-3-2-4-10-6-8/h5,7,9H,2-4,6H2,1H3/b8-5-. The second kappa shape index (κ2) is 4.04. The van der Waals surface area contributed by atoms with E-state index in [1.165, 1.54) is 24.2 Å². The zero-order valence-corrected chi connectivity index (χ0v) is 7.16. The number of hydrogen-bond donors (Lipinski definition) is 1. The van der Waals surface area contributed by atoms with Crippen LogP contribution < -0.4 is 0 Å². The van der Waals surface area contributed by atoms with Crippen molar-refractivity contribution < 1.29 is 5.11 Å².